The largest absolute Gasteiger partial charge is 0.465 e. The molecule has 4 nitrogen and oxygen atoms in total. The van der Waals surface area contributed by atoms with Crippen molar-refractivity contribution in [3.8, 4) is 0 Å². The van der Waals surface area contributed by atoms with Crippen molar-refractivity contribution in [3.05, 3.63) is 29.8 Å². The minimum absolute atomic E-state index is 0.224. The Labute approximate surface area is 113 Å². The molecule has 0 spiro atoms. The third-order valence-electron chi connectivity index (χ3n) is 2.52. The summed E-state index contributed by atoms with van der Waals surface area (Å²) in [6.07, 6.45) is 0. The van der Waals surface area contributed by atoms with Crippen molar-refractivity contribution in [2.45, 2.75) is 13.8 Å². The minimum atomic E-state index is -0.224. The van der Waals surface area contributed by atoms with Gasteiger partial charge in [0.15, 0.2) is 0 Å². The van der Waals surface area contributed by atoms with Crippen LogP contribution in [0.1, 0.15) is 19.4 Å². The zero-order valence-electron chi connectivity index (χ0n) is 10.7. The van der Waals surface area contributed by atoms with E-state index in [0.29, 0.717) is 11.6 Å². The van der Waals surface area contributed by atoms with Gasteiger partial charge < -0.3 is 15.4 Å². The number of likely N-dealkylation sites (N-methyl/N-ethyl adjacent to an activating group) is 1. The Balaban J connectivity index is 2.76. The quantitative estimate of drug-likeness (QED) is 0.627. The molecule has 0 bridgehead atoms. The topological polar surface area (TPSA) is 55.6 Å². The maximum absolute atomic E-state index is 11.5. The standard InChI is InChI=1S/C13H18N2O2S/c1-3-15(9-12(16)17-4-2)11-7-5-10(6-8-11)13(14)18/h5-8H,3-4,9H2,1-2H3,(H2,14,18). The molecule has 0 saturated heterocycles. The molecule has 18 heavy (non-hydrogen) atoms. The summed E-state index contributed by atoms with van der Waals surface area (Å²) < 4.78 is 4.94. The summed E-state index contributed by atoms with van der Waals surface area (Å²) in [5.41, 5.74) is 7.31. The van der Waals surface area contributed by atoms with Gasteiger partial charge in [-0.15, -0.1) is 0 Å². The monoisotopic (exact) mass is 266 g/mol. The van der Waals surface area contributed by atoms with Crippen LogP contribution in [0.15, 0.2) is 24.3 Å². The summed E-state index contributed by atoms with van der Waals surface area (Å²) in [6.45, 7) is 5.16. The lowest BCUT2D eigenvalue weighted by atomic mass is 10.2. The van der Waals surface area contributed by atoms with Crippen molar-refractivity contribution >= 4 is 28.9 Å². The van der Waals surface area contributed by atoms with Crippen LogP contribution in [0, 0.1) is 0 Å². The van der Waals surface area contributed by atoms with Gasteiger partial charge >= 0.3 is 5.97 Å². The van der Waals surface area contributed by atoms with E-state index in [2.05, 4.69) is 0 Å². The van der Waals surface area contributed by atoms with E-state index >= 15 is 0 Å². The lowest BCUT2D eigenvalue weighted by Gasteiger charge is -2.22. The SMILES string of the molecule is CCOC(=O)CN(CC)c1ccc(C(N)=S)cc1. The molecule has 0 aromatic heterocycles. The third kappa shape index (κ3) is 4.00. The second-order valence-corrected chi connectivity index (χ2v) is 4.17. The molecule has 0 amide bonds. The molecule has 1 aromatic carbocycles. The van der Waals surface area contributed by atoms with Crippen LogP contribution in [-0.2, 0) is 9.53 Å². The number of carbonyl (C=O) groups excluding carboxylic acids is 1. The van der Waals surface area contributed by atoms with Crippen LogP contribution in [0.4, 0.5) is 5.69 Å². The predicted molar refractivity (Wildman–Crippen MR) is 76.8 cm³/mol. The van der Waals surface area contributed by atoms with Crippen LogP contribution >= 0.6 is 12.2 Å². The molecular formula is C13H18N2O2S. The van der Waals surface area contributed by atoms with E-state index in [9.17, 15) is 4.79 Å². The van der Waals surface area contributed by atoms with Gasteiger partial charge in [0.25, 0.3) is 0 Å². The third-order valence-corrected chi connectivity index (χ3v) is 2.76. The Morgan fingerprint density at radius 2 is 1.94 bits per heavy atom. The van der Waals surface area contributed by atoms with E-state index < -0.39 is 0 Å². The fraction of sp³-hybridized carbons (Fsp3) is 0.385. The van der Waals surface area contributed by atoms with Crippen LogP contribution in [0.3, 0.4) is 0 Å². The Morgan fingerprint density at radius 3 is 2.39 bits per heavy atom. The first-order chi connectivity index (χ1) is 8.58. The molecule has 5 heteroatoms. The van der Waals surface area contributed by atoms with Crippen LogP contribution in [-0.4, -0.2) is 30.7 Å². The maximum Gasteiger partial charge on any atom is 0.325 e. The van der Waals surface area contributed by atoms with Crippen molar-refractivity contribution in [1.82, 2.24) is 0 Å². The molecular weight excluding hydrogens is 248 g/mol. The number of carbonyl (C=O) groups is 1. The van der Waals surface area contributed by atoms with Crippen LogP contribution in [0.5, 0.6) is 0 Å². The summed E-state index contributed by atoms with van der Waals surface area (Å²) in [6, 6.07) is 7.51. The summed E-state index contributed by atoms with van der Waals surface area (Å²) in [5, 5.41) is 0. The van der Waals surface area contributed by atoms with Gasteiger partial charge in [-0.05, 0) is 38.1 Å². The molecule has 2 N–H and O–H groups in total. The lowest BCUT2D eigenvalue weighted by molar-refractivity contribution is -0.141. The molecule has 1 rings (SSSR count). The van der Waals surface area contributed by atoms with Crippen molar-refractivity contribution in [1.29, 1.82) is 0 Å². The summed E-state index contributed by atoms with van der Waals surface area (Å²) in [4.78, 5) is 13.8. The van der Waals surface area contributed by atoms with Gasteiger partial charge in [0.2, 0.25) is 0 Å². The fourth-order valence-corrected chi connectivity index (χ4v) is 1.72. The highest BCUT2D eigenvalue weighted by atomic mass is 32.1. The average Bonchev–Trinajstić information content (AvgIpc) is 2.36. The van der Waals surface area contributed by atoms with E-state index in [0.717, 1.165) is 17.8 Å². The van der Waals surface area contributed by atoms with Crippen molar-refractivity contribution in [3.63, 3.8) is 0 Å². The van der Waals surface area contributed by atoms with Crippen molar-refractivity contribution < 1.29 is 9.53 Å². The number of rotatable bonds is 6. The highest BCUT2D eigenvalue weighted by Gasteiger charge is 2.10. The zero-order chi connectivity index (χ0) is 13.5. The molecule has 98 valence electrons. The van der Waals surface area contributed by atoms with Gasteiger partial charge in [-0.3, -0.25) is 4.79 Å². The molecule has 0 aliphatic carbocycles. The number of hydrogen-bond donors (Lipinski definition) is 1. The highest BCUT2D eigenvalue weighted by Crippen LogP contribution is 2.15. The van der Waals surface area contributed by atoms with Gasteiger partial charge in [0, 0.05) is 17.8 Å². The average molecular weight is 266 g/mol. The molecule has 0 unspecified atom stereocenters. The molecule has 0 atom stereocenters. The number of hydrogen-bond acceptors (Lipinski definition) is 4. The maximum atomic E-state index is 11.5. The van der Waals surface area contributed by atoms with Crippen LogP contribution in [0.25, 0.3) is 0 Å². The second-order valence-electron chi connectivity index (χ2n) is 3.73. The molecule has 0 aliphatic rings. The molecule has 1 aromatic rings. The normalized spacial score (nSPS) is 9.89. The fourth-order valence-electron chi connectivity index (χ4n) is 1.58. The number of nitrogens with zero attached hydrogens (tertiary/aromatic N) is 1. The number of nitrogens with two attached hydrogens (primary N) is 1. The Hall–Kier alpha value is -1.62. The number of benzene rings is 1. The Bertz CT molecular complexity index is 418. The molecule has 0 saturated carbocycles. The number of esters is 1. The first kappa shape index (κ1) is 14.4. The number of ether oxygens (including phenoxy) is 1. The van der Waals surface area contributed by atoms with Gasteiger partial charge in [-0.1, -0.05) is 12.2 Å². The van der Waals surface area contributed by atoms with Gasteiger partial charge in [0.05, 0.1) is 6.61 Å². The summed E-state index contributed by atoms with van der Waals surface area (Å²) in [5.74, 6) is -0.224. The van der Waals surface area contributed by atoms with Crippen molar-refractivity contribution in [2.24, 2.45) is 5.73 Å². The smallest absolute Gasteiger partial charge is 0.325 e. The molecule has 0 heterocycles. The Morgan fingerprint density at radius 1 is 1.33 bits per heavy atom. The minimum Gasteiger partial charge on any atom is -0.465 e. The lowest BCUT2D eigenvalue weighted by Crippen LogP contribution is -2.30. The molecule has 0 radical (unpaired) electrons. The number of thiocarbonyl (C=S) groups is 1. The molecule has 0 fully saturated rings. The van der Waals surface area contributed by atoms with Crippen molar-refractivity contribution in [2.75, 3.05) is 24.6 Å². The van der Waals surface area contributed by atoms with Gasteiger partial charge in [-0.25, -0.2) is 0 Å². The van der Waals surface area contributed by atoms with E-state index in [-0.39, 0.29) is 12.5 Å². The first-order valence-electron chi connectivity index (χ1n) is 5.88. The van der Waals surface area contributed by atoms with E-state index in [1.54, 1.807) is 6.92 Å². The van der Waals surface area contributed by atoms with E-state index in [1.165, 1.54) is 0 Å². The summed E-state index contributed by atoms with van der Waals surface area (Å²) >= 11 is 4.89. The van der Waals surface area contributed by atoms with Crippen LogP contribution < -0.4 is 10.6 Å². The first-order valence-corrected chi connectivity index (χ1v) is 6.29. The van der Waals surface area contributed by atoms with Crippen LogP contribution in [0.2, 0.25) is 0 Å². The van der Waals surface area contributed by atoms with E-state index in [1.807, 2.05) is 36.1 Å². The summed E-state index contributed by atoms with van der Waals surface area (Å²) in [7, 11) is 0. The number of anilines is 1. The van der Waals surface area contributed by atoms with Gasteiger partial charge in [-0.2, -0.15) is 0 Å². The predicted octanol–water partition coefficient (Wildman–Crippen LogP) is 1.71. The van der Waals surface area contributed by atoms with E-state index in [4.69, 9.17) is 22.7 Å². The second kappa shape index (κ2) is 6.96. The highest BCUT2D eigenvalue weighted by molar-refractivity contribution is 7.80. The molecule has 0 aliphatic heterocycles. The Kier molecular flexibility index (Phi) is 5.58. The van der Waals surface area contributed by atoms with Gasteiger partial charge in [0.1, 0.15) is 11.5 Å². The zero-order valence-corrected chi connectivity index (χ0v) is 11.5.